The number of rotatable bonds is 3. The second-order valence-corrected chi connectivity index (χ2v) is 8.95. The second kappa shape index (κ2) is 7.20. The van der Waals surface area contributed by atoms with Crippen LogP contribution < -0.4 is 0 Å². The molecule has 156 valence electrons. The van der Waals surface area contributed by atoms with Crippen molar-refractivity contribution in [3.63, 3.8) is 0 Å². The first-order chi connectivity index (χ1) is 14.1. The van der Waals surface area contributed by atoms with Crippen molar-refractivity contribution < 1.29 is 26.0 Å². The van der Waals surface area contributed by atoms with Crippen molar-refractivity contribution in [2.24, 2.45) is 0 Å². The molecule has 1 aliphatic heterocycles. The van der Waals surface area contributed by atoms with Gasteiger partial charge in [-0.2, -0.15) is 18.3 Å². The molecule has 0 saturated heterocycles. The summed E-state index contributed by atoms with van der Waals surface area (Å²) in [6.45, 7) is 0. The quantitative estimate of drug-likeness (QED) is 0.535. The van der Waals surface area contributed by atoms with Gasteiger partial charge in [-0.25, -0.2) is 12.8 Å². The fourth-order valence-electron chi connectivity index (χ4n) is 3.11. The first-order valence-electron chi connectivity index (χ1n) is 8.33. The van der Waals surface area contributed by atoms with Gasteiger partial charge in [-0.1, -0.05) is 12.1 Å². The van der Waals surface area contributed by atoms with E-state index in [0.717, 1.165) is 10.4 Å². The Labute approximate surface area is 176 Å². The highest BCUT2D eigenvalue weighted by Crippen LogP contribution is 2.41. The summed E-state index contributed by atoms with van der Waals surface area (Å²) in [6, 6.07) is 4.60. The topological polar surface area (TPSA) is 79.0 Å². The van der Waals surface area contributed by atoms with Gasteiger partial charge in [-0.15, -0.1) is 0 Å². The van der Waals surface area contributed by atoms with Crippen LogP contribution >= 0.6 is 15.9 Å². The molecular weight excluding hydrogens is 492 g/mol. The molecule has 0 radical (unpaired) electrons. The second-order valence-electron chi connectivity index (χ2n) is 6.31. The average molecular weight is 503 g/mol. The molecule has 0 saturated carbocycles. The molecule has 0 amide bonds. The van der Waals surface area contributed by atoms with Gasteiger partial charge in [-0.3, -0.25) is 14.4 Å². The summed E-state index contributed by atoms with van der Waals surface area (Å²) < 4.78 is 80.1. The van der Waals surface area contributed by atoms with Crippen molar-refractivity contribution in [3.8, 4) is 0 Å². The van der Waals surface area contributed by atoms with Gasteiger partial charge in [0.15, 0.2) is 0 Å². The summed E-state index contributed by atoms with van der Waals surface area (Å²) in [6.07, 6.45) is 0.0630. The molecule has 30 heavy (non-hydrogen) atoms. The monoisotopic (exact) mass is 502 g/mol. The highest BCUT2D eigenvalue weighted by atomic mass is 79.9. The van der Waals surface area contributed by atoms with Gasteiger partial charge in [0.05, 0.1) is 22.4 Å². The third-order valence-electron chi connectivity index (χ3n) is 4.52. The lowest BCUT2D eigenvalue weighted by Crippen LogP contribution is -2.33. The molecule has 0 bridgehead atoms. The van der Waals surface area contributed by atoms with E-state index >= 15 is 0 Å². The van der Waals surface area contributed by atoms with E-state index < -0.39 is 38.6 Å². The summed E-state index contributed by atoms with van der Waals surface area (Å²) in [5, 5.41) is 6.64. The summed E-state index contributed by atoms with van der Waals surface area (Å²) in [7, 11) is -4.34. The fraction of sp³-hybridized carbons (Fsp3) is 0.111. The lowest BCUT2D eigenvalue weighted by molar-refractivity contribution is -0.141. The van der Waals surface area contributed by atoms with Crippen LogP contribution in [-0.4, -0.2) is 27.9 Å². The van der Waals surface area contributed by atoms with Crippen molar-refractivity contribution in [3.05, 3.63) is 81.7 Å². The van der Waals surface area contributed by atoms with Crippen molar-refractivity contribution >= 4 is 32.0 Å². The number of aromatic amines is 1. The molecule has 0 aliphatic carbocycles. The number of benzene rings is 1. The minimum Gasteiger partial charge on any atom is -0.278 e. The number of hydrogen-bond acceptors (Lipinski definition) is 4. The summed E-state index contributed by atoms with van der Waals surface area (Å²) in [5.74, 6) is -0.597. The van der Waals surface area contributed by atoms with Gasteiger partial charge in [0.25, 0.3) is 10.0 Å². The largest absolute Gasteiger partial charge is 0.433 e. The highest BCUT2D eigenvalue weighted by Gasteiger charge is 2.38. The lowest BCUT2D eigenvalue weighted by Gasteiger charge is -2.33. The molecule has 1 N–H and O–H groups in total. The summed E-state index contributed by atoms with van der Waals surface area (Å²) in [5.41, 5.74) is 0.0584. The van der Waals surface area contributed by atoms with Crippen LogP contribution in [0.5, 0.6) is 0 Å². The number of hydrogen-bond donors (Lipinski definition) is 1. The van der Waals surface area contributed by atoms with Crippen molar-refractivity contribution in [1.29, 1.82) is 0 Å². The third-order valence-corrected chi connectivity index (χ3v) is 7.08. The van der Waals surface area contributed by atoms with Gasteiger partial charge in [0, 0.05) is 18.0 Å². The van der Waals surface area contributed by atoms with Crippen molar-refractivity contribution in [2.75, 3.05) is 0 Å². The van der Waals surface area contributed by atoms with Gasteiger partial charge in [0.1, 0.15) is 16.4 Å². The van der Waals surface area contributed by atoms with Gasteiger partial charge in [-0.05, 0) is 45.8 Å². The predicted octanol–water partition coefficient (Wildman–Crippen LogP) is 4.49. The maximum absolute atomic E-state index is 14.2. The van der Waals surface area contributed by atoms with E-state index in [1.165, 1.54) is 30.6 Å². The molecular formula is C18H11BrF4N4O2S. The van der Waals surface area contributed by atoms with Gasteiger partial charge >= 0.3 is 6.18 Å². The van der Waals surface area contributed by atoms with Crippen LogP contribution in [0.4, 0.5) is 17.6 Å². The summed E-state index contributed by atoms with van der Waals surface area (Å²) in [4.78, 5) is 2.79. The molecule has 6 nitrogen and oxygen atoms in total. The van der Waals surface area contributed by atoms with Crippen LogP contribution in [0, 0.1) is 5.82 Å². The van der Waals surface area contributed by atoms with Crippen LogP contribution in [-0.2, 0) is 16.2 Å². The fourth-order valence-corrected chi connectivity index (χ4v) is 4.98. The minimum atomic E-state index is -4.70. The van der Waals surface area contributed by atoms with E-state index in [4.69, 9.17) is 0 Å². The smallest absolute Gasteiger partial charge is 0.278 e. The van der Waals surface area contributed by atoms with Crippen LogP contribution in [0.25, 0.3) is 6.08 Å². The average Bonchev–Trinajstić information content (AvgIpc) is 3.18. The number of nitrogens with one attached hydrogen (secondary N) is 1. The Morgan fingerprint density at radius 3 is 2.53 bits per heavy atom. The van der Waals surface area contributed by atoms with Crippen LogP contribution in [0.3, 0.4) is 0 Å². The molecule has 1 aromatic carbocycles. The number of H-pyrrole nitrogens is 1. The Morgan fingerprint density at radius 2 is 1.87 bits per heavy atom. The Morgan fingerprint density at radius 1 is 1.10 bits per heavy atom. The van der Waals surface area contributed by atoms with Crippen LogP contribution in [0.1, 0.15) is 28.6 Å². The zero-order valence-corrected chi connectivity index (χ0v) is 17.1. The zero-order valence-electron chi connectivity index (χ0n) is 14.7. The highest BCUT2D eigenvalue weighted by molar-refractivity contribution is 9.10. The number of fused-ring (bicyclic) bond motifs is 1. The Bertz CT molecular complexity index is 1240. The van der Waals surface area contributed by atoms with E-state index in [-0.39, 0.29) is 4.47 Å². The molecule has 4 rings (SSSR count). The molecule has 1 aliphatic rings. The molecule has 1 atom stereocenters. The molecule has 3 heterocycles. The Hall–Kier alpha value is -2.73. The molecule has 12 heteroatoms. The van der Waals surface area contributed by atoms with E-state index in [1.807, 2.05) is 0 Å². The van der Waals surface area contributed by atoms with E-state index in [1.54, 1.807) is 6.07 Å². The molecule has 1 unspecified atom stereocenters. The number of nitrogens with zero attached hydrogens (tertiary/aromatic N) is 3. The molecule has 0 fully saturated rings. The Balaban J connectivity index is 1.84. The van der Waals surface area contributed by atoms with E-state index in [0.29, 0.717) is 29.1 Å². The Kier molecular flexibility index (Phi) is 4.93. The number of alkyl halides is 3. The standard InChI is InChI=1S/C18H11BrF4N4O2S/c19-16-11(2-1-3-13(16)20)17-12-9-25-26-14(12)6-7-27(17)30(28,29)10-4-5-15(24-8-10)18(21,22)23/h1-9,17H,(H,25,26). The van der Waals surface area contributed by atoms with Crippen molar-refractivity contribution in [2.45, 2.75) is 17.1 Å². The van der Waals surface area contributed by atoms with Gasteiger partial charge in [0.2, 0.25) is 0 Å². The zero-order chi connectivity index (χ0) is 21.7. The maximum Gasteiger partial charge on any atom is 0.433 e. The number of aromatic nitrogens is 3. The van der Waals surface area contributed by atoms with E-state index in [2.05, 4.69) is 31.1 Å². The normalized spacial score (nSPS) is 16.6. The SMILES string of the molecule is O=S(=O)(c1ccc(C(F)(F)F)nc1)N1C=Cc2[nH]ncc2C1c1cccc(F)c1Br. The van der Waals surface area contributed by atoms with Crippen LogP contribution in [0.2, 0.25) is 0 Å². The first kappa shape index (κ1) is 20.5. The van der Waals surface area contributed by atoms with Crippen molar-refractivity contribution in [1.82, 2.24) is 19.5 Å². The van der Waals surface area contributed by atoms with Crippen LogP contribution in [0.15, 0.2) is 58.3 Å². The molecule has 3 aromatic rings. The van der Waals surface area contributed by atoms with Gasteiger partial charge < -0.3 is 0 Å². The minimum absolute atomic E-state index is 0.0585. The summed E-state index contributed by atoms with van der Waals surface area (Å²) >= 11 is 3.15. The van der Waals surface area contributed by atoms with E-state index in [9.17, 15) is 26.0 Å². The molecule has 2 aromatic heterocycles. The maximum atomic E-state index is 14.2. The first-order valence-corrected chi connectivity index (χ1v) is 10.6. The third kappa shape index (κ3) is 3.39. The lowest BCUT2D eigenvalue weighted by atomic mass is 9.97. The molecule has 0 spiro atoms. The number of halogens is 5. The predicted molar refractivity (Wildman–Crippen MR) is 102 cm³/mol. The number of sulfonamides is 1. The number of pyridine rings is 1.